The Bertz CT molecular complexity index is 299. The van der Waals surface area contributed by atoms with Crippen LogP contribution in [0.3, 0.4) is 0 Å². The van der Waals surface area contributed by atoms with Gasteiger partial charge in [0.05, 0.1) is 18.6 Å². The molecule has 15 heavy (non-hydrogen) atoms. The van der Waals surface area contributed by atoms with Gasteiger partial charge >= 0.3 is 0 Å². The van der Waals surface area contributed by atoms with E-state index >= 15 is 0 Å². The number of rotatable bonds is 5. The average Bonchev–Trinajstić information content (AvgIpc) is 2.63. The molecule has 1 heterocycles. The number of hydrogen-bond acceptors (Lipinski definition) is 5. The van der Waals surface area contributed by atoms with Crippen molar-refractivity contribution in [2.45, 2.75) is 38.8 Å². The van der Waals surface area contributed by atoms with Crippen LogP contribution in [0, 0.1) is 0 Å². The minimum atomic E-state index is -0.419. The lowest BCUT2D eigenvalue weighted by molar-refractivity contribution is 0.129. The predicted octanol–water partition coefficient (Wildman–Crippen LogP) is 1.01. The van der Waals surface area contributed by atoms with E-state index in [1.807, 2.05) is 32.8 Å². The standard InChI is InChI=1S/C10H19N3O2/c1-5-8(14)7(2)10-11-9(12-15-10)6-13(3)4/h7-8,14H,5-6H2,1-4H3. The quantitative estimate of drug-likeness (QED) is 0.790. The van der Waals surface area contributed by atoms with Gasteiger partial charge in [-0.25, -0.2) is 0 Å². The fraction of sp³-hybridized carbons (Fsp3) is 0.800. The van der Waals surface area contributed by atoms with E-state index in [-0.39, 0.29) is 5.92 Å². The second-order valence-electron chi connectivity index (χ2n) is 4.05. The van der Waals surface area contributed by atoms with Gasteiger partial charge < -0.3 is 14.5 Å². The van der Waals surface area contributed by atoms with Crippen LogP contribution >= 0.6 is 0 Å². The maximum Gasteiger partial charge on any atom is 0.232 e. The zero-order valence-electron chi connectivity index (χ0n) is 9.77. The monoisotopic (exact) mass is 213 g/mol. The summed E-state index contributed by atoms with van der Waals surface area (Å²) in [5, 5.41) is 13.5. The Kier molecular flexibility index (Phi) is 4.23. The van der Waals surface area contributed by atoms with Crippen LogP contribution in [-0.4, -0.2) is 40.3 Å². The zero-order chi connectivity index (χ0) is 11.4. The lowest BCUT2D eigenvalue weighted by Gasteiger charge is -2.11. The minimum absolute atomic E-state index is 0.0987. The van der Waals surface area contributed by atoms with Crippen LogP contribution in [0.25, 0.3) is 0 Å². The Hall–Kier alpha value is -0.940. The Morgan fingerprint density at radius 1 is 1.47 bits per heavy atom. The van der Waals surface area contributed by atoms with E-state index in [0.717, 1.165) is 0 Å². The first kappa shape index (κ1) is 12.1. The molecule has 0 aliphatic carbocycles. The van der Waals surface area contributed by atoms with Crippen molar-refractivity contribution in [3.8, 4) is 0 Å². The molecule has 0 fully saturated rings. The van der Waals surface area contributed by atoms with Gasteiger partial charge in [-0.2, -0.15) is 4.98 Å². The van der Waals surface area contributed by atoms with Crippen molar-refractivity contribution in [2.24, 2.45) is 0 Å². The van der Waals surface area contributed by atoms with E-state index in [4.69, 9.17) is 4.52 Å². The van der Waals surface area contributed by atoms with Gasteiger partial charge in [0, 0.05) is 0 Å². The SMILES string of the molecule is CCC(O)C(C)c1nc(CN(C)C)no1. The van der Waals surface area contributed by atoms with E-state index in [2.05, 4.69) is 10.1 Å². The molecule has 0 bridgehead atoms. The van der Waals surface area contributed by atoms with Crippen molar-refractivity contribution >= 4 is 0 Å². The molecular weight excluding hydrogens is 194 g/mol. The summed E-state index contributed by atoms with van der Waals surface area (Å²) in [6.45, 7) is 4.47. The molecule has 0 saturated heterocycles. The molecule has 0 spiro atoms. The molecule has 0 aromatic carbocycles. The molecule has 0 aliphatic rings. The molecule has 0 aliphatic heterocycles. The van der Waals surface area contributed by atoms with Crippen LogP contribution < -0.4 is 0 Å². The second kappa shape index (κ2) is 5.23. The molecule has 1 aromatic rings. The van der Waals surface area contributed by atoms with Crippen molar-refractivity contribution in [1.29, 1.82) is 0 Å². The fourth-order valence-corrected chi connectivity index (χ4v) is 1.32. The van der Waals surface area contributed by atoms with Crippen molar-refractivity contribution in [3.63, 3.8) is 0 Å². The molecule has 86 valence electrons. The molecule has 0 saturated carbocycles. The second-order valence-corrected chi connectivity index (χ2v) is 4.05. The molecule has 0 amide bonds. The van der Waals surface area contributed by atoms with Crippen LogP contribution in [0.5, 0.6) is 0 Å². The number of aliphatic hydroxyl groups excluding tert-OH is 1. The third kappa shape index (κ3) is 3.28. The maximum atomic E-state index is 9.63. The summed E-state index contributed by atoms with van der Waals surface area (Å²) < 4.78 is 5.10. The first-order valence-corrected chi connectivity index (χ1v) is 5.19. The van der Waals surface area contributed by atoms with Crippen LogP contribution in [-0.2, 0) is 6.54 Å². The Morgan fingerprint density at radius 3 is 2.67 bits per heavy atom. The van der Waals surface area contributed by atoms with Crippen molar-refractivity contribution < 1.29 is 9.63 Å². The van der Waals surface area contributed by atoms with E-state index in [0.29, 0.717) is 24.7 Å². The third-order valence-corrected chi connectivity index (χ3v) is 2.33. The van der Waals surface area contributed by atoms with E-state index in [9.17, 15) is 5.11 Å². The van der Waals surface area contributed by atoms with E-state index in [1.165, 1.54) is 0 Å². The Morgan fingerprint density at radius 2 is 2.13 bits per heavy atom. The van der Waals surface area contributed by atoms with Crippen LogP contribution in [0.15, 0.2) is 4.52 Å². The molecule has 0 radical (unpaired) electrons. The molecule has 5 heteroatoms. The smallest absolute Gasteiger partial charge is 0.232 e. The number of hydrogen-bond donors (Lipinski definition) is 1. The van der Waals surface area contributed by atoms with Gasteiger partial charge in [0.15, 0.2) is 5.82 Å². The van der Waals surface area contributed by atoms with Gasteiger partial charge in [0.1, 0.15) is 0 Å². The highest BCUT2D eigenvalue weighted by Gasteiger charge is 2.20. The summed E-state index contributed by atoms with van der Waals surface area (Å²) in [5.74, 6) is 1.07. The highest BCUT2D eigenvalue weighted by atomic mass is 16.5. The minimum Gasteiger partial charge on any atom is -0.392 e. The first-order chi connectivity index (χ1) is 7.04. The Balaban J connectivity index is 2.66. The summed E-state index contributed by atoms with van der Waals surface area (Å²) in [5.41, 5.74) is 0. The van der Waals surface area contributed by atoms with Crippen LogP contribution in [0.2, 0.25) is 0 Å². The lowest BCUT2D eigenvalue weighted by atomic mass is 10.0. The predicted molar refractivity (Wildman–Crippen MR) is 56.4 cm³/mol. The Labute approximate surface area is 90.1 Å². The van der Waals surface area contributed by atoms with E-state index in [1.54, 1.807) is 0 Å². The van der Waals surface area contributed by atoms with Crippen molar-refractivity contribution in [3.05, 3.63) is 11.7 Å². The lowest BCUT2D eigenvalue weighted by Crippen LogP contribution is -2.15. The molecular formula is C10H19N3O2. The van der Waals surface area contributed by atoms with Gasteiger partial charge in [0.2, 0.25) is 5.89 Å². The number of nitrogens with zero attached hydrogens (tertiary/aromatic N) is 3. The first-order valence-electron chi connectivity index (χ1n) is 5.19. The van der Waals surface area contributed by atoms with Gasteiger partial charge in [-0.3, -0.25) is 0 Å². The summed E-state index contributed by atoms with van der Waals surface area (Å²) >= 11 is 0. The molecule has 1 N–H and O–H groups in total. The average molecular weight is 213 g/mol. The molecule has 2 atom stereocenters. The van der Waals surface area contributed by atoms with Gasteiger partial charge in [-0.1, -0.05) is 19.0 Å². The molecule has 1 aromatic heterocycles. The summed E-state index contributed by atoms with van der Waals surface area (Å²) in [7, 11) is 3.89. The highest BCUT2D eigenvalue weighted by Crippen LogP contribution is 2.19. The largest absolute Gasteiger partial charge is 0.392 e. The van der Waals surface area contributed by atoms with Gasteiger partial charge in [-0.15, -0.1) is 0 Å². The van der Waals surface area contributed by atoms with Crippen LogP contribution in [0.4, 0.5) is 0 Å². The highest BCUT2D eigenvalue weighted by molar-refractivity contribution is 4.94. The van der Waals surface area contributed by atoms with Crippen molar-refractivity contribution in [2.75, 3.05) is 14.1 Å². The fourth-order valence-electron chi connectivity index (χ4n) is 1.32. The summed E-state index contributed by atoms with van der Waals surface area (Å²) in [6.07, 6.45) is 0.268. The summed E-state index contributed by atoms with van der Waals surface area (Å²) in [6, 6.07) is 0. The van der Waals surface area contributed by atoms with E-state index < -0.39 is 6.10 Å². The normalized spacial score (nSPS) is 15.6. The number of aromatic nitrogens is 2. The zero-order valence-corrected chi connectivity index (χ0v) is 9.77. The topological polar surface area (TPSA) is 62.4 Å². The van der Waals surface area contributed by atoms with Gasteiger partial charge in [-0.05, 0) is 20.5 Å². The third-order valence-electron chi connectivity index (χ3n) is 2.33. The summed E-state index contributed by atoms with van der Waals surface area (Å²) in [4.78, 5) is 6.21. The molecule has 2 unspecified atom stereocenters. The van der Waals surface area contributed by atoms with Crippen molar-refractivity contribution in [1.82, 2.24) is 15.0 Å². The van der Waals surface area contributed by atoms with Gasteiger partial charge in [0.25, 0.3) is 0 Å². The number of aliphatic hydroxyl groups is 1. The molecule has 1 rings (SSSR count). The van der Waals surface area contributed by atoms with Crippen LogP contribution in [0.1, 0.15) is 37.9 Å². The maximum absolute atomic E-state index is 9.63. The molecule has 5 nitrogen and oxygen atoms in total.